The molecule has 0 saturated carbocycles. The highest BCUT2D eigenvalue weighted by atomic mass is 32.2. The van der Waals surface area contributed by atoms with Crippen LogP contribution in [0.5, 0.6) is 11.5 Å². The van der Waals surface area contributed by atoms with Crippen molar-refractivity contribution in [3.63, 3.8) is 0 Å². The summed E-state index contributed by atoms with van der Waals surface area (Å²) in [5.74, 6) is 1.19. The lowest BCUT2D eigenvalue weighted by atomic mass is 10.0. The number of rotatable bonds is 6. The first-order valence-electron chi connectivity index (χ1n) is 10.7. The van der Waals surface area contributed by atoms with E-state index in [2.05, 4.69) is 4.72 Å². The second-order valence-corrected chi connectivity index (χ2v) is 9.51. The zero-order chi connectivity index (χ0) is 22.6. The number of carbonyl (C=O) groups is 1. The van der Waals surface area contributed by atoms with E-state index in [1.165, 1.54) is 12.1 Å². The number of amides is 1. The van der Waals surface area contributed by atoms with Crippen LogP contribution in [0.1, 0.15) is 47.6 Å². The number of benzene rings is 2. The number of likely N-dealkylation sites (tertiary alicyclic amines) is 1. The molecule has 8 nitrogen and oxygen atoms in total. The van der Waals surface area contributed by atoms with Crippen molar-refractivity contribution in [1.29, 1.82) is 5.26 Å². The number of hydrogen-bond acceptors (Lipinski definition) is 6. The van der Waals surface area contributed by atoms with Crippen LogP contribution in [0.15, 0.2) is 47.4 Å². The van der Waals surface area contributed by atoms with Crippen molar-refractivity contribution in [2.24, 2.45) is 0 Å². The Morgan fingerprint density at radius 1 is 1.12 bits per heavy atom. The minimum Gasteiger partial charge on any atom is -0.490 e. The maximum atomic E-state index is 13.3. The van der Waals surface area contributed by atoms with Gasteiger partial charge >= 0.3 is 0 Å². The lowest BCUT2D eigenvalue weighted by Crippen LogP contribution is -2.31. The van der Waals surface area contributed by atoms with E-state index in [1.807, 2.05) is 24.3 Å². The first kappa shape index (κ1) is 22.1. The van der Waals surface area contributed by atoms with Crippen LogP contribution in [-0.2, 0) is 10.0 Å². The van der Waals surface area contributed by atoms with Crippen LogP contribution < -0.4 is 14.2 Å². The zero-order valence-electron chi connectivity index (χ0n) is 17.6. The number of ether oxygens (including phenoxy) is 2. The van der Waals surface area contributed by atoms with Crippen molar-refractivity contribution in [3.05, 3.63) is 53.6 Å². The van der Waals surface area contributed by atoms with E-state index in [-0.39, 0.29) is 29.8 Å². The van der Waals surface area contributed by atoms with Crippen molar-refractivity contribution in [3.8, 4) is 17.6 Å². The molecule has 1 saturated heterocycles. The molecule has 2 aromatic rings. The minimum absolute atomic E-state index is 0.00705. The maximum absolute atomic E-state index is 13.3. The molecule has 1 N–H and O–H groups in total. The van der Waals surface area contributed by atoms with Crippen molar-refractivity contribution in [2.75, 3.05) is 26.3 Å². The van der Waals surface area contributed by atoms with E-state index in [4.69, 9.17) is 14.7 Å². The van der Waals surface area contributed by atoms with Gasteiger partial charge in [-0.1, -0.05) is 12.1 Å². The zero-order valence-corrected chi connectivity index (χ0v) is 18.4. The number of nitrogens with one attached hydrogen (secondary N) is 1. The van der Waals surface area contributed by atoms with Crippen molar-refractivity contribution in [1.82, 2.24) is 9.62 Å². The van der Waals surface area contributed by atoms with Crippen LogP contribution in [0.3, 0.4) is 0 Å². The van der Waals surface area contributed by atoms with E-state index in [0.29, 0.717) is 36.8 Å². The number of fused-ring (bicyclic) bond motifs is 1. The van der Waals surface area contributed by atoms with Crippen LogP contribution in [0.25, 0.3) is 0 Å². The predicted molar refractivity (Wildman–Crippen MR) is 117 cm³/mol. The summed E-state index contributed by atoms with van der Waals surface area (Å²) in [5, 5.41) is 8.62. The summed E-state index contributed by atoms with van der Waals surface area (Å²) in [5.41, 5.74) is 1.29. The van der Waals surface area contributed by atoms with Gasteiger partial charge in [0.25, 0.3) is 5.91 Å². The van der Waals surface area contributed by atoms with Gasteiger partial charge in [0, 0.05) is 31.5 Å². The molecule has 0 radical (unpaired) electrons. The molecule has 1 atom stereocenters. The third-order valence-electron chi connectivity index (χ3n) is 5.59. The highest BCUT2D eigenvalue weighted by molar-refractivity contribution is 7.89. The summed E-state index contributed by atoms with van der Waals surface area (Å²) >= 11 is 0. The quantitative estimate of drug-likeness (QED) is 0.671. The van der Waals surface area contributed by atoms with Gasteiger partial charge < -0.3 is 14.4 Å². The van der Waals surface area contributed by atoms with Gasteiger partial charge in [-0.15, -0.1) is 0 Å². The summed E-state index contributed by atoms with van der Waals surface area (Å²) in [4.78, 5) is 15.1. The summed E-state index contributed by atoms with van der Waals surface area (Å²) in [6.07, 6.45) is 2.57. The number of carbonyl (C=O) groups excluding carboxylic acids is 1. The molecule has 1 fully saturated rings. The van der Waals surface area contributed by atoms with Gasteiger partial charge in [-0.05, 0) is 48.7 Å². The Kier molecular flexibility index (Phi) is 6.63. The lowest BCUT2D eigenvalue weighted by molar-refractivity contribution is 0.0735. The fourth-order valence-corrected chi connectivity index (χ4v) is 5.11. The average Bonchev–Trinajstić information content (AvgIpc) is 3.17. The highest BCUT2D eigenvalue weighted by Crippen LogP contribution is 2.38. The summed E-state index contributed by atoms with van der Waals surface area (Å²) in [6.45, 7) is 1.82. The van der Waals surface area contributed by atoms with Crippen molar-refractivity contribution in [2.45, 2.75) is 36.6 Å². The fourth-order valence-electron chi connectivity index (χ4n) is 4.03. The van der Waals surface area contributed by atoms with Gasteiger partial charge in [-0.3, -0.25) is 4.79 Å². The minimum atomic E-state index is -3.79. The third-order valence-corrected chi connectivity index (χ3v) is 7.05. The van der Waals surface area contributed by atoms with Crippen LogP contribution in [-0.4, -0.2) is 45.5 Å². The smallest absolute Gasteiger partial charge is 0.254 e. The molecule has 2 heterocycles. The number of nitrogens with zero attached hydrogens (tertiary/aromatic N) is 2. The predicted octanol–water partition coefficient (Wildman–Crippen LogP) is 3.02. The summed E-state index contributed by atoms with van der Waals surface area (Å²) < 4.78 is 38.8. The van der Waals surface area contributed by atoms with Crippen LogP contribution >= 0.6 is 0 Å². The average molecular weight is 456 g/mol. The SMILES string of the molecule is N#CCCNS(=O)(=O)c1cccc(C(=O)N2CCC[C@@H]2c2ccc3c(c2)OCCCO3)c1. The number of sulfonamides is 1. The summed E-state index contributed by atoms with van der Waals surface area (Å²) in [6, 6.07) is 13.6. The molecule has 32 heavy (non-hydrogen) atoms. The fraction of sp³-hybridized carbons (Fsp3) is 0.391. The molecule has 0 spiro atoms. The topological polar surface area (TPSA) is 109 Å². The van der Waals surface area contributed by atoms with E-state index in [0.717, 1.165) is 24.8 Å². The Bertz CT molecular complexity index is 1140. The first-order chi connectivity index (χ1) is 15.5. The monoisotopic (exact) mass is 455 g/mol. The molecule has 9 heteroatoms. The van der Waals surface area contributed by atoms with E-state index < -0.39 is 10.0 Å². The Balaban J connectivity index is 1.56. The molecule has 2 aliphatic heterocycles. The second kappa shape index (κ2) is 9.59. The standard InChI is InChI=1S/C23H25N3O5S/c24-10-3-11-25-32(28,29)19-6-1-5-18(15-19)23(27)26-12-2-7-20(26)17-8-9-21-22(16-17)31-14-4-13-30-21/h1,5-6,8-9,15-16,20,25H,2-4,7,11-14H2/t20-/m1/s1. The molecular formula is C23H25N3O5S. The molecule has 168 valence electrons. The molecule has 4 rings (SSSR count). The van der Waals surface area contributed by atoms with Crippen LogP contribution in [0.2, 0.25) is 0 Å². The first-order valence-corrected chi connectivity index (χ1v) is 12.1. The largest absolute Gasteiger partial charge is 0.490 e. The van der Waals surface area contributed by atoms with Gasteiger partial charge in [-0.2, -0.15) is 5.26 Å². The third kappa shape index (κ3) is 4.71. The van der Waals surface area contributed by atoms with Gasteiger partial charge in [0.05, 0.1) is 30.2 Å². The molecular weight excluding hydrogens is 430 g/mol. The van der Waals surface area contributed by atoms with Gasteiger partial charge in [0.1, 0.15) is 0 Å². The molecule has 2 aromatic carbocycles. The Morgan fingerprint density at radius 2 is 1.94 bits per heavy atom. The Hall–Kier alpha value is -3.09. The molecule has 0 aromatic heterocycles. The Morgan fingerprint density at radius 3 is 2.75 bits per heavy atom. The summed E-state index contributed by atoms with van der Waals surface area (Å²) in [7, 11) is -3.79. The molecule has 0 bridgehead atoms. The number of nitriles is 1. The highest BCUT2D eigenvalue weighted by Gasteiger charge is 2.32. The Labute approximate surface area is 187 Å². The van der Waals surface area contributed by atoms with Gasteiger partial charge in [0.15, 0.2) is 11.5 Å². The van der Waals surface area contributed by atoms with Crippen LogP contribution in [0.4, 0.5) is 0 Å². The van der Waals surface area contributed by atoms with E-state index in [9.17, 15) is 13.2 Å². The second-order valence-electron chi connectivity index (χ2n) is 7.75. The molecule has 0 unspecified atom stereocenters. The van der Waals surface area contributed by atoms with Gasteiger partial charge in [-0.25, -0.2) is 13.1 Å². The molecule has 0 aliphatic carbocycles. The van der Waals surface area contributed by atoms with Gasteiger partial charge in [0.2, 0.25) is 10.0 Å². The van der Waals surface area contributed by atoms with Crippen LogP contribution in [0, 0.1) is 11.3 Å². The van der Waals surface area contributed by atoms with Crippen molar-refractivity contribution < 1.29 is 22.7 Å². The normalized spacial score (nSPS) is 18.1. The number of hydrogen-bond donors (Lipinski definition) is 1. The van der Waals surface area contributed by atoms with Crippen molar-refractivity contribution >= 4 is 15.9 Å². The van der Waals surface area contributed by atoms with E-state index >= 15 is 0 Å². The maximum Gasteiger partial charge on any atom is 0.254 e. The molecule has 1 amide bonds. The lowest BCUT2D eigenvalue weighted by Gasteiger charge is -2.26. The molecule has 2 aliphatic rings. The van der Waals surface area contributed by atoms with E-state index in [1.54, 1.807) is 17.0 Å².